The number of benzene rings is 1. The van der Waals surface area contributed by atoms with Gasteiger partial charge < -0.3 is 10.6 Å². The Morgan fingerprint density at radius 3 is 2.33 bits per heavy atom. The Morgan fingerprint density at radius 1 is 1.06 bits per heavy atom. The van der Waals surface area contributed by atoms with E-state index in [0.717, 1.165) is 4.90 Å². The van der Waals surface area contributed by atoms with Gasteiger partial charge in [-0.05, 0) is 30.8 Å². The molecule has 5 nitrogen and oxygen atoms in total. The summed E-state index contributed by atoms with van der Waals surface area (Å²) in [5.41, 5.74) is 6.90. The fourth-order valence-corrected chi connectivity index (χ4v) is 2.07. The molecular weight excluding hydrogens is 246 g/mol. The lowest BCUT2D eigenvalue weighted by atomic mass is 10.2. The highest BCUT2D eigenvalue weighted by molar-refractivity contribution is 7.99. The molecule has 0 bridgehead atoms. The lowest BCUT2D eigenvalue weighted by molar-refractivity contribution is 0.876. The fraction of sp³-hybridized carbons (Fsp3) is 0.250. The first-order chi connectivity index (χ1) is 8.54. The van der Waals surface area contributed by atoms with Gasteiger partial charge in [0.1, 0.15) is 0 Å². The van der Waals surface area contributed by atoms with E-state index in [4.69, 9.17) is 5.73 Å². The maximum absolute atomic E-state index is 5.67. The zero-order valence-corrected chi connectivity index (χ0v) is 11.4. The predicted molar refractivity (Wildman–Crippen MR) is 73.9 cm³/mol. The Hall–Kier alpha value is -1.82. The van der Waals surface area contributed by atoms with Crippen LogP contribution in [0.3, 0.4) is 0 Å². The van der Waals surface area contributed by atoms with Crippen LogP contribution in [0.2, 0.25) is 0 Å². The average molecular weight is 261 g/mol. The zero-order chi connectivity index (χ0) is 13.1. The molecule has 0 radical (unpaired) electrons. The number of aromatic nitrogens is 3. The van der Waals surface area contributed by atoms with Crippen LogP contribution in [0.5, 0.6) is 0 Å². The first-order valence-corrected chi connectivity index (χ1v) is 6.29. The van der Waals surface area contributed by atoms with Crippen LogP contribution < -0.4 is 10.6 Å². The number of nitrogens with zero attached hydrogens (tertiary/aromatic N) is 4. The summed E-state index contributed by atoms with van der Waals surface area (Å²) >= 11 is 1.47. The van der Waals surface area contributed by atoms with Crippen molar-refractivity contribution >= 4 is 23.7 Å². The minimum atomic E-state index is 0.239. The monoisotopic (exact) mass is 261 g/mol. The highest BCUT2D eigenvalue weighted by Crippen LogP contribution is 2.25. The van der Waals surface area contributed by atoms with Gasteiger partial charge >= 0.3 is 0 Å². The summed E-state index contributed by atoms with van der Waals surface area (Å²) < 4.78 is 0. The van der Waals surface area contributed by atoms with Gasteiger partial charge in [-0.1, -0.05) is 17.7 Å². The van der Waals surface area contributed by atoms with E-state index < -0.39 is 0 Å². The van der Waals surface area contributed by atoms with Crippen molar-refractivity contribution in [2.45, 2.75) is 17.0 Å². The number of anilines is 2. The minimum Gasteiger partial charge on any atom is -0.368 e. The third-order valence-corrected chi connectivity index (χ3v) is 3.12. The summed E-state index contributed by atoms with van der Waals surface area (Å²) in [4.78, 5) is 15.4. The standard InChI is InChI=1S/C12H15N5S/c1-8-4-6-9(7-5-8)18-12-15-10(13)14-11(16-12)17(2)3/h4-7H,1-3H3,(H2,13,14,15,16). The van der Waals surface area contributed by atoms with Crippen molar-refractivity contribution in [1.82, 2.24) is 15.0 Å². The molecule has 1 aromatic heterocycles. The average Bonchev–Trinajstić information content (AvgIpc) is 2.31. The Bertz CT molecular complexity index is 539. The second kappa shape index (κ2) is 5.22. The molecule has 0 saturated heterocycles. The molecule has 0 aliphatic heterocycles. The smallest absolute Gasteiger partial charge is 0.230 e. The molecule has 0 spiro atoms. The topological polar surface area (TPSA) is 67.9 Å². The van der Waals surface area contributed by atoms with Crippen LogP contribution in [0.25, 0.3) is 0 Å². The molecular formula is C12H15N5S. The van der Waals surface area contributed by atoms with E-state index in [1.807, 2.05) is 26.2 Å². The van der Waals surface area contributed by atoms with Gasteiger partial charge in [-0.3, -0.25) is 0 Å². The van der Waals surface area contributed by atoms with E-state index in [9.17, 15) is 0 Å². The van der Waals surface area contributed by atoms with Crippen molar-refractivity contribution < 1.29 is 0 Å². The normalized spacial score (nSPS) is 10.4. The number of aryl methyl sites for hydroxylation is 1. The van der Waals surface area contributed by atoms with E-state index in [1.54, 1.807) is 4.90 Å². The van der Waals surface area contributed by atoms with Crippen LogP contribution in [-0.4, -0.2) is 29.0 Å². The van der Waals surface area contributed by atoms with Gasteiger partial charge in [0.15, 0.2) is 5.16 Å². The molecule has 1 heterocycles. The van der Waals surface area contributed by atoms with Crippen LogP contribution in [0.15, 0.2) is 34.3 Å². The molecule has 2 N–H and O–H groups in total. The number of hydrogen-bond donors (Lipinski definition) is 1. The quantitative estimate of drug-likeness (QED) is 0.911. The third kappa shape index (κ3) is 3.10. The molecule has 0 saturated carbocycles. The van der Waals surface area contributed by atoms with Gasteiger partial charge in [-0.15, -0.1) is 0 Å². The van der Waals surface area contributed by atoms with E-state index >= 15 is 0 Å². The van der Waals surface area contributed by atoms with Crippen LogP contribution in [0, 0.1) is 6.92 Å². The molecule has 2 rings (SSSR count). The summed E-state index contributed by atoms with van der Waals surface area (Å²) in [5.74, 6) is 0.806. The summed E-state index contributed by atoms with van der Waals surface area (Å²) in [6, 6.07) is 8.18. The summed E-state index contributed by atoms with van der Waals surface area (Å²) in [5, 5.41) is 0.607. The van der Waals surface area contributed by atoms with Crippen molar-refractivity contribution in [2.24, 2.45) is 0 Å². The molecule has 1 aromatic carbocycles. The van der Waals surface area contributed by atoms with Crippen LogP contribution in [0.4, 0.5) is 11.9 Å². The van der Waals surface area contributed by atoms with Crippen LogP contribution >= 0.6 is 11.8 Å². The molecule has 94 valence electrons. The Labute approximate surface area is 110 Å². The first kappa shape index (κ1) is 12.6. The lowest BCUT2D eigenvalue weighted by Crippen LogP contribution is -2.15. The number of nitrogen functional groups attached to an aromatic ring is 1. The SMILES string of the molecule is Cc1ccc(Sc2nc(N)nc(N(C)C)n2)cc1. The summed E-state index contributed by atoms with van der Waals surface area (Å²) in [6.07, 6.45) is 0. The van der Waals surface area contributed by atoms with E-state index in [0.29, 0.717) is 11.1 Å². The van der Waals surface area contributed by atoms with Crippen molar-refractivity contribution in [3.8, 4) is 0 Å². The maximum Gasteiger partial charge on any atom is 0.230 e. The molecule has 0 unspecified atom stereocenters. The molecule has 0 aliphatic rings. The fourth-order valence-electron chi connectivity index (χ4n) is 1.32. The lowest BCUT2D eigenvalue weighted by Gasteiger charge is -2.11. The van der Waals surface area contributed by atoms with Crippen molar-refractivity contribution in [3.63, 3.8) is 0 Å². The molecule has 0 atom stereocenters. The first-order valence-electron chi connectivity index (χ1n) is 5.48. The molecule has 0 amide bonds. The number of hydrogen-bond acceptors (Lipinski definition) is 6. The van der Waals surface area contributed by atoms with Gasteiger partial charge in [-0.25, -0.2) is 0 Å². The zero-order valence-electron chi connectivity index (χ0n) is 10.6. The minimum absolute atomic E-state index is 0.239. The van der Waals surface area contributed by atoms with Gasteiger partial charge in [0, 0.05) is 19.0 Å². The summed E-state index contributed by atoms with van der Waals surface area (Å²) in [6.45, 7) is 2.06. The Kier molecular flexibility index (Phi) is 3.66. The third-order valence-electron chi connectivity index (χ3n) is 2.25. The van der Waals surface area contributed by atoms with Gasteiger partial charge in [-0.2, -0.15) is 15.0 Å². The predicted octanol–water partition coefficient (Wildman–Crippen LogP) is 1.98. The highest BCUT2D eigenvalue weighted by Gasteiger charge is 2.07. The van der Waals surface area contributed by atoms with Gasteiger partial charge in [0.05, 0.1) is 0 Å². The van der Waals surface area contributed by atoms with Crippen molar-refractivity contribution in [3.05, 3.63) is 29.8 Å². The second-order valence-corrected chi connectivity index (χ2v) is 5.13. The molecule has 18 heavy (non-hydrogen) atoms. The van der Waals surface area contributed by atoms with Crippen molar-refractivity contribution in [2.75, 3.05) is 24.7 Å². The van der Waals surface area contributed by atoms with E-state index in [2.05, 4.69) is 34.0 Å². The molecule has 2 aromatic rings. The van der Waals surface area contributed by atoms with E-state index in [-0.39, 0.29) is 5.95 Å². The van der Waals surface area contributed by atoms with Crippen molar-refractivity contribution in [1.29, 1.82) is 0 Å². The van der Waals surface area contributed by atoms with Gasteiger partial charge in [0.25, 0.3) is 0 Å². The maximum atomic E-state index is 5.67. The Balaban J connectivity index is 2.26. The van der Waals surface area contributed by atoms with Crippen LogP contribution in [-0.2, 0) is 0 Å². The summed E-state index contributed by atoms with van der Waals surface area (Å²) in [7, 11) is 3.74. The number of rotatable bonds is 3. The van der Waals surface area contributed by atoms with Crippen LogP contribution in [0.1, 0.15) is 5.56 Å². The largest absolute Gasteiger partial charge is 0.368 e. The van der Waals surface area contributed by atoms with E-state index in [1.165, 1.54) is 17.3 Å². The Morgan fingerprint density at radius 2 is 1.72 bits per heavy atom. The molecule has 0 fully saturated rings. The highest BCUT2D eigenvalue weighted by atomic mass is 32.2. The number of nitrogens with two attached hydrogens (primary N) is 1. The molecule has 6 heteroatoms. The van der Waals surface area contributed by atoms with Gasteiger partial charge in [0.2, 0.25) is 11.9 Å². The molecule has 0 aliphatic carbocycles. The second-order valence-electron chi connectivity index (χ2n) is 4.09.